The molecular formula is C21H22Br2N2O6. The Morgan fingerprint density at radius 3 is 2.32 bits per heavy atom. The number of nitrogens with one attached hydrogen (secondary N) is 1. The Morgan fingerprint density at radius 1 is 1.10 bits per heavy atom. The summed E-state index contributed by atoms with van der Waals surface area (Å²) in [6, 6.07) is 6.91. The minimum atomic E-state index is -0.798. The molecule has 3 amide bonds. The van der Waals surface area contributed by atoms with Crippen molar-refractivity contribution >= 4 is 61.2 Å². The number of ether oxygens (including phenoxy) is 2. The van der Waals surface area contributed by atoms with E-state index in [1.54, 1.807) is 24.3 Å². The number of esters is 1. The number of likely N-dealkylation sites (tertiary alicyclic amines) is 1. The first-order valence-corrected chi connectivity index (χ1v) is 12.0. The molecule has 10 heteroatoms. The van der Waals surface area contributed by atoms with Gasteiger partial charge in [-0.05, 0) is 37.3 Å². The van der Waals surface area contributed by atoms with Gasteiger partial charge in [-0.15, -0.1) is 0 Å². The Kier molecular flexibility index (Phi) is 6.39. The standard InChI is InChI=1S/C21H22Br2N2O6/c1-2-30-13-6-4-3-5-12(13)24-14(26)9-31-15(27)8-25-20(28)16-10-7-11(17(16)21(25)29)19(23)18(10)22/h3-6,10-11,16-19H,2,7-9H2,1H3,(H,24,26)/t10-,11-,16-,17+,18+,19+/m1/s1. The monoisotopic (exact) mass is 556 g/mol. The number of para-hydroxylation sites is 2. The number of nitrogens with zero attached hydrogens (tertiary/aromatic N) is 1. The van der Waals surface area contributed by atoms with E-state index in [1.165, 1.54) is 0 Å². The highest BCUT2D eigenvalue weighted by Gasteiger charge is 2.66. The van der Waals surface area contributed by atoms with Crippen LogP contribution in [-0.2, 0) is 23.9 Å². The van der Waals surface area contributed by atoms with Crippen LogP contribution in [-0.4, -0.2) is 58.0 Å². The third-order valence-corrected chi connectivity index (χ3v) is 9.40. The third-order valence-electron chi connectivity index (χ3n) is 6.19. The minimum Gasteiger partial charge on any atom is -0.492 e. The van der Waals surface area contributed by atoms with E-state index >= 15 is 0 Å². The van der Waals surface area contributed by atoms with Gasteiger partial charge in [0.1, 0.15) is 12.3 Å². The quantitative estimate of drug-likeness (QED) is 0.314. The van der Waals surface area contributed by atoms with Crippen LogP contribution < -0.4 is 10.1 Å². The second-order valence-electron chi connectivity index (χ2n) is 7.90. The van der Waals surface area contributed by atoms with Gasteiger partial charge in [-0.2, -0.15) is 0 Å². The van der Waals surface area contributed by atoms with E-state index in [0.29, 0.717) is 18.0 Å². The van der Waals surface area contributed by atoms with Crippen molar-refractivity contribution in [3.63, 3.8) is 0 Å². The van der Waals surface area contributed by atoms with E-state index in [1.807, 2.05) is 6.92 Å². The van der Waals surface area contributed by atoms with Crippen molar-refractivity contribution in [1.29, 1.82) is 0 Å². The summed E-state index contributed by atoms with van der Waals surface area (Å²) >= 11 is 7.25. The van der Waals surface area contributed by atoms with E-state index in [9.17, 15) is 19.2 Å². The van der Waals surface area contributed by atoms with Crippen molar-refractivity contribution in [2.24, 2.45) is 23.7 Å². The van der Waals surface area contributed by atoms with Crippen molar-refractivity contribution in [3.05, 3.63) is 24.3 Å². The lowest BCUT2D eigenvalue weighted by atomic mass is 9.81. The summed E-state index contributed by atoms with van der Waals surface area (Å²) in [7, 11) is 0. The number of benzene rings is 1. The molecule has 166 valence electrons. The van der Waals surface area contributed by atoms with Gasteiger partial charge in [0.05, 0.1) is 24.1 Å². The lowest BCUT2D eigenvalue weighted by Crippen LogP contribution is -2.38. The van der Waals surface area contributed by atoms with Crippen LogP contribution in [0, 0.1) is 23.7 Å². The molecule has 0 spiro atoms. The average molecular weight is 558 g/mol. The number of hydrogen-bond donors (Lipinski definition) is 1. The van der Waals surface area contributed by atoms with Crippen molar-refractivity contribution in [1.82, 2.24) is 4.90 Å². The van der Waals surface area contributed by atoms with Crippen LogP contribution in [0.3, 0.4) is 0 Å². The summed E-state index contributed by atoms with van der Waals surface area (Å²) in [5, 5.41) is 2.62. The summed E-state index contributed by atoms with van der Waals surface area (Å²) in [5.74, 6) is -2.09. The number of rotatable bonds is 7. The Labute approximate surface area is 196 Å². The smallest absolute Gasteiger partial charge is 0.326 e. The zero-order valence-electron chi connectivity index (χ0n) is 16.8. The topological polar surface area (TPSA) is 102 Å². The van der Waals surface area contributed by atoms with Crippen molar-refractivity contribution < 1.29 is 28.7 Å². The predicted molar refractivity (Wildman–Crippen MR) is 118 cm³/mol. The van der Waals surface area contributed by atoms with E-state index in [0.717, 1.165) is 11.3 Å². The zero-order chi connectivity index (χ0) is 22.3. The van der Waals surface area contributed by atoms with Gasteiger partial charge in [0.25, 0.3) is 5.91 Å². The second kappa shape index (κ2) is 8.90. The average Bonchev–Trinajstić information content (AvgIpc) is 3.35. The fourth-order valence-electron chi connectivity index (χ4n) is 4.92. The number of imide groups is 1. The highest BCUT2D eigenvalue weighted by molar-refractivity contribution is 9.12. The van der Waals surface area contributed by atoms with Crippen LogP contribution in [0.1, 0.15) is 13.3 Å². The van der Waals surface area contributed by atoms with Gasteiger partial charge >= 0.3 is 5.97 Å². The molecule has 1 N–H and O–H groups in total. The zero-order valence-corrected chi connectivity index (χ0v) is 19.9. The van der Waals surface area contributed by atoms with E-state index < -0.39 is 25.0 Å². The first-order chi connectivity index (χ1) is 14.8. The largest absolute Gasteiger partial charge is 0.492 e. The van der Waals surface area contributed by atoms with E-state index in [-0.39, 0.29) is 45.1 Å². The summed E-state index contributed by atoms with van der Waals surface area (Å²) in [5.41, 5.74) is 0.465. The third kappa shape index (κ3) is 4.00. The van der Waals surface area contributed by atoms with Crippen molar-refractivity contribution in [2.75, 3.05) is 25.1 Å². The maximum atomic E-state index is 12.8. The number of carbonyl (C=O) groups is 4. The summed E-state index contributed by atoms with van der Waals surface area (Å²) in [6.07, 6.45) is 0.820. The highest BCUT2D eigenvalue weighted by Crippen LogP contribution is 2.60. The first kappa shape index (κ1) is 22.3. The van der Waals surface area contributed by atoms with Gasteiger partial charge in [-0.1, -0.05) is 44.0 Å². The van der Waals surface area contributed by atoms with Crippen LogP contribution in [0.25, 0.3) is 0 Å². The SMILES string of the molecule is CCOc1ccccc1NC(=O)COC(=O)CN1C(=O)[C@@H]2[C@H]3C[C@@H]([C@H](Br)[C@H]3Br)[C@@H]2C1=O. The van der Waals surface area contributed by atoms with Crippen molar-refractivity contribution in [3.8, 4) is 5.75 Å². The van der Waals surface area contributed by atoms with Gasteiger partial charge in [0.15, 0.2) is 6.61 Å². The summed E-state index contributed by atoms with van der Waals surface area (Å²) < 4.78 is 10.5. The van der Waals surface area contributed by atoms with Gasteiger partial charge < -0.3 is 14.8 Å². The molecule has 3 fully saturated rings. The fraction of sp³-hybridized carbons (Fsp3) is 0.524. The molecule has 2 aliphatic carbocycles. The number of anilines is 1. The van der Waals surface area contributed by atoms with Gasteiger partial charge in [0, 0.05) is 9.65 Å². The molecule has 0 aromatic heterocycles. The molecule has 1 saturated heterocycles. The maximum absolute atomic E-state index is 12.8. The highest BCUT2D eigenvalue weighted by atomic mass is 79.9. The molecule has 2 bridgehead atoms. The van der Waals surface area contributed by atoms with Crippen LogP contribution in [0.2, 0.25) is 0 Å². The summed E-state index contributed by atoms with van der Waals surface area (Å²) in [4.78, 5) is 51.3. The number of alkyl halides is 2. The molecule has 3 aliphatic rings. The Hall–Kier alpha value is -1.94. The Morgan fingerprint density at radius 2 is 1.71 bits per heavy atom. The molecule has 1 aliphatic heterocycles. The number of fused-ring (bicyclic) bond motifs is 5. The van der Waals surface area contributed by atoms with Crippen molar-refractivity contribution in [2.45, 2.75) is 23.0 Å². The lowest BCUT2D eigenvalue weighted by Gasteiger charge is -2.28. The maximum Gasteiger partial charge on any atom is 0.326 e. The number of halogens is 2. The van der Waals surface area contributed by atoms with Crippen LogP contribution in [0.15, 0.2) is 24.3 Å². The second-order valence-corrected chi connectivity index (χ2v) is 10.0. The van der Waals surface area contributed by atoms with Gasteiger partial charge in [-0.25, -0.2) is 0 Å². The number of amides is 3. The number of hydrogen-bond acceptors (Lipinski definition) is 6. The van der Waals surface area contributed by atoms with E-state index in [4.69, 9.17) is 9.47 Å². The summed E-state index contributed by atoms with van der Waals surface area (Å²) in [6.45, 7) is 1.26. The van der Waals surface area contributed by atoms with E-state index in [2.05, 4.69) is 37.2 Å². The molecule has 0 unspecified atom stereocenters. The molecule has 6 atom stereocenters. The first-order valence-electron chi connectivity index (χ1n) is 10.1. The predicted octanol–water partition coefficient (Wildman–Crippen LogP) is 2.34. The Bertz CT molecular complexity index is 893. The molecule has 2 saturated carbocycles. The van der Waals surface area contributed by atoms with Crippen LogP contribution in [0.4, 0.5) is 5.69 Å². The molecule has 1 aromatic rings. The fourth-order valence-corrected chi connectivity index (χ4v) is 6.80. The molecule has 4 rings (SSSR count). The lowest BCUT2D eigenvalue weighted by molar-refractivity contribution is -0.154. The number of carbonyl (C=O) groups excluding carboxylic acids is 4. The molecule has 8 nitrogen and oxygen atoms in total. The molecule has 1 aromatic carbocycles. The van der Waals surface area contributed by atoms with Crippen LogP contribution >= 0.6 is 31.9 Å². The van der Waals surface area contributed by atoms with Gasteiger partial charge in [0.2, 0.25) is 11.8 Å². The van der Waals surface area contributed by atoms with Gasteiger partial charge in [-0.3, -0.25) is 24.1 Å². The normalized spacial score (nSPS) is 31.0. The molecular weight excluding hydrogens is 536 g/mol. The molecule has 31 heavy (non-hydrogen) atoms. The van der Waals surface area contributed by atoms with Crippen LogP contribution in [0.5, 0.6) is 5.75 Å². The molecule has 0 radical (unpaired) electrons. The molecule has 1 heterocycles. The Balaban J connectivity index is 1.31. The minimum absolute atomic E-state index is 0.0769.